The van der Waals surface area contributed by atoms with Gasteiger partial charge < -0.3 is 24.2 Å². The van der Waals surface area contributed by atoms with Gasteiger partial charge in [-0.3, -0.25) is 15.4 Å². The third-order valence-electron chi connectivity index (χ3n) is 4.28. The Morgan fingerprint density at radius 2 is 1.81 bits per heavy atom. The number of nitrogens with zero attached hydrogens (tertiary/aromatic N) is 2. The number of methoxy groups -OCH3 is 2. The highest BCUT2D eigenvalue weighted by molar-refractivity contribution is 6.04. The third kappa shape index (κ3) is 4.24. The summed E-state index contributed by atoms with van der Waals surface area (Å²) in [5.41, 5.74) is 1.30. The Hall–Kier alpha value is -4.54. The largest absolute Gasteiger partial charge is 0.493 e. The van der Waals surface area contributed by atoms with E-state index in [1.807, 2.05) is 0 Å². The topological polar surface area (TPSA) is 143 Å². The minimum atomic E-state index is -0.729. The summed E-state index contributed by atoms with van der Waals surface area (Å²) in [6, 6.07) is 9.79. The first-order valence-electron chi connectivity index (χ1n) is 9.07. The highest BCUT2D eigenvalue weighted by atomic mass is 16.6. The summed E-state index contributed by atoms with van der Waals surface area (Å²) in [6.45, 7) is 0. The number of H-pyrrole nitrogens is 2. The number of aromatic nitrogens is 4. The number of amides is 2. The van der Waals surface area contributed by atoms with E-state index in [4.69, 9.17) is 14.2 Å². The number of hydrogen-bond acceptors (Lipinski definition) is 7. The third-order valence-corrected chi connectivity index (χ3v) is 4.28. The molecule has 0 unspecified atom stereocenters. The highest BCUT2D eigenvalue weighted by Crippen LogP contribution is 2.28. The Morgan fingerprint density at radius 3 is 2.55 bits per heavy atom. The molecule has 2 heterocycles. The van der Waals surface area contributed by atoms with Crippen LogP contribution in [-0.4, -0.2) is 46.2 Å². The van der Waals surface area contributed by atoms with Gasteiger partial charge in [-0.05, 0) is 30.3 Å². The first kappa shape index (κ1) is 19.8. The Kier molecular flexibility index (Phi) is 5.39. The summed E-state index contributed by atoms with van der Waals surface area (Å²) in [5.74, 6) is 1.22. The fraction of sp³-hybridized carbons (Fsp3) is 0.100. The van der Waals surface area contributed by atoms with Crippen molar-refractivity contribution in [3.05, 3.63) is 54.4 Å². The first-order valence-corrected chi connectivity index (χ1v) is 9.07. The number of carbonyl (C=O) groups is 2. The second-order valence-corrected chi connectivity index (χ2v) is 6.21. The van der Waals surface area contributed by atoms with Crippen LogP contribution in [0.5, 0.6) is 17.2 Å². The van der Waals surface area contributed by atoms with E-state index >= 15 is 0 Å². The zero-order valence-electron chi connectivity index (χ0n) is 16.6. The van der Waals surface area contributed by atoms with Crippen molar-refractivity contribution < 1.29 is 23.8 Å². The molecule has 4 rings (SSSR count). The number of carbonyl (C=O) groups excluding carboxylic acids is 2. The molecule has 0 saturated heterocycles. The maximum Gasteiger partial charge on any atom is 0.419 e. The summed E-state index contributed by atoms with van der Waals surface area (Å²) >= 11 is 0. The van der Waals surface area contributed by atoms with Gasteiger partial charge in [0.2, 0.25) is 11.9 Å². The van der Waals surface area contributed by atoms with Crippen molar-refractivity contribution in [2.75, 3.05) is 24.9 Å². The van der Waals surface area contributed by atoms with Gasteiger partial charge in [0.05, 0.1) is 19.7 Å². The maximum absolute atomic E-state index is 12.6. The zero-order valence-corrected chi connectivity index (χ0v) is 16.6. The van der Waals surface area contributed by atoms with Gasteiger partial charge in [-0.15, -0.1) is 0 Å². The highest BCUT2D eigenvalue weighted by Gasteiger charge is 2.16. The molecular weight excluding hydrogens is 404 g/mol. The Morgan fingerprint density at radius 1 is 0.968 bits per heavy atom. The van der Waals surface area contributed by atoms with E-state index in [0.717, 1.165) is 0 Å². The number of fused-ring (bicyclic) bond motifs is 1. The smallest absolute Gasteiger partial charge is 0.419 e. The molecule has 0 saturated carbocycles. The van der Waals surface area contributed by atoms with E-state index in [0.29, 0.717) is 28.1 Å². The van der Waals surface area contributed by atoms with Crippen LogP contribution in [0.15, 0.2) is 48.8 Å². The fourth-order valence-corrected chi connectivity index (χ4v) is 2.86. The molecule has 4 N–H and O–H groups in total. The number of imidazole rings is 2. The molecule has 4 aromatic rings. The molecule has 0 atom stereocenters. The SMILES string of the molecule is COc1ccc(C(=O)Nc2nc3cccc(OC(=O)Nc4ncc[nH]4)c3[nH]2)cc1OC. The van der Waals surface area contributed by atoms with E-state index in [-0.39, 0.29) is 17.6 Å². The quantitative estimate of drug-likeness (QED) is 0.374. The number of para-hydroxylation sites is 1. The molecule has 0 bridgehead atoms. The Labute approximate surface area is 175 Å². The molecule has 2 aromatic heterocycles. The van der Waals surface area contributed by atoms with Gasteiger partial charge in [0, 0.05) is 18.0 Å². The summed E-state index contributed by atoms with van der Waals surface area (Å²) in [6.07, 6.45) is 2.34. The van der Waals surface area contributed by atoms with Crippen LogP contribution in [0.4, 0.5) is 16.7 Å². The van der Waals surface area contributed by atoms with Gasteiger partial charge in [-0.1, -0.05) is 6.07 Å². The van der Waals surface area contributed by atoms with E-state index < -0.39 is 12.0 Å². The molecule has 0 radical (unpaired) electrons. The number of anilines is 2. The van der Waals surface area contributed by atoms with Crippen LogP contribution >= 0.6 is 0 Å². The summed E-state index contributed by atoms with van der Waals surface area (Å²) in [5, 5.41) is 5.14. The van der Waals surface area contributed by atoms with Crippen molar-refractivity contribution in [1.82, 2.24) is 19.9 Å². The molecule has 158 valence electrons. The van der Waals surface area contributed by atoms with Gasteiger partial charge in [0.15, 0.2) is 17.2 Å². The number of hydrogen-bond donors (Lipinski definition) is 4. The second kappa shape index (κ2) is 8.45. The van der Waals surface area contributed by atoms with Crippen molar-refractivity contribution in [3.8, 4) is 17.2 Å². The lowest BCUT2D eigenvalue weighted by molar-refractivity contribution is 0.102. The molecule has 0 aliphatic carbocycles. The summed E-state index contributed by atoms with van der Waals surface area (Å²) in [4.78, 5) is 38.6. The molecule has 2 aromatic carbocycles. The standard InChI is InChI=1S/C20H18N6O5/c1-29-13-7-6-11(10-15(13)30-2)17(27)25-19-23-12-4-3-5-14(16(12)24-19)31-20(28)26-18-21-8-9-22-18/h3-10H,1-2H3,(H2,21,22,26,28)(H2,23,24,25,27). The van der Waals surface area contributed by atoms with Crippen LogP contribution in [0.3, 0.4) is 0 Å². The van der Waals surface area contributed by atoms with Crippen molar-refractivity contribution in [2.24, 2.45) is 0 Å². The predicted octanol–water partition coefficient (Wildman–Crippen LogP) is 3.17. The lowest BCUT2D eigenvalue weighted by Crippen LogP contribution is -2.17. The fourth-order valence-electron chi connectivity index (χ4n) is 2.86. The van der Waals surface area contributed by atoms with Gasteiger partial charge in [0.1, 0.15) is 5.52 Å². The molecule has 0 aliphatic rings. The number of aromatic amines is 2. The van der Waals surface area contributed by atoms with Gasteiger partial charge in [-0.25, -0.2) is 14.8 Å². The van der Waals surface area contributed by atoms with Gasteiger partial charge in [0.25, 0.3) is 5.91 Å². The van der Waals surface area contributed by atoms with Crippen LogP contribution in [0, 0.1) is 0 Å². The van der Waals surface area contributed by atoms with Crippen molar-refractivity contribution >= 4 is 34.9 Å². The van der Waals surface area contributed by atoms with Crippen molar-refractivity contribution in [2.45, 2.75) is 0 Å². The number of ether oxygens (including phenoxy) is 3. The summed E-state index contributed by atoms with van der Waals surface area (Å²) in [7, 11) is 3.00. The van der Waals surface area contributed by atoms with Crippen LogP contribution in [0.2, 0.25) is 0 Å². The number of benzene rings is 2. The Bertz CT molecular complexity index is 1230. The molecular formula is C20H18N6O5. The maximum atomic E-state index is 12.6. The van der Waals surface area contributed by atoms with Crippen LogP contribution < -0.4 is 24.8 Å². The van der Waals surface area contributed by atoms with E-state index in [1.165, 1.54) is 20.4 Å². The molecule has 11 nitrogen and oxygen atoms in total. The van der Waals surface area contributed by atoms with Crippen molar-refractivity contribution in [1.29, 1.82) is 0 Å². The van der Waals surface area contributed by atoms with Crippen LogP contribution in [-0.2, 0) is 0 Å². The number of nitrogens with one attached hydrogen (secondary N) is 4. The lowest BCUT2D eigenvalue weighted by Gasteiger charge is -2.09. The zero-order chi connectivity index (χ0) is 21.8. The Balaban J connectivity index is 1.52. The minimum absolute atomic E-state index is 0.192. The van der Waals surface area contributed by atoms with E-state index in [9.17, 15) is 9.59 Å². The van der Waals surface area contributed by atoms with Crippen molar-refractivity contribution in [3.63, 3.8) is 0 Å². The minimum Gasteiger partial charge on any atom is -0.493 e. The molecule has 0 spiro atoms. The summed E-state index contributed by atoms with van der Waals surface area (Å²) < 4.78 is 15.7. The lowest BCUT2D eigenvalue weighted by atomic mass is 10.2. The van der Waals surface area contributed by atoms with Gasteiger partial charge in [-0.2, -0.15) is 0 Å². The molecule has 31 heavy (non-hydrogen) atoms. The van der Waals surface area contributed by atoms with Crippen LogP contribution in [0.25, 0.3) is 11.0 Å². The average molecular weight is 422 g/mol. The molecule has 0 aliphatic heterocycles. The molecule has 11 heteroatoms. The molecule has 0 fully saturated rings. The van der Waals surface area contributed by atoms with Crippen LogP contribution in [0.1, 0.15) is 10.4 Å². The first-order chi connectivity index (χ1) is 15.1. The van der Waals surface area contributed by atoms with E-state index in [2.05, 4.69) is 30.6 Å². The second-order valence-electron chi connectivity index (χ2n) is 6.21. The number of rotatable bonds is 6. The average Bonchev–Trinajstić information content (AvgIpc) is 3.43. The van der Waals surface area contributed by atoms with E-state index in [1.54, 1.807) is 42.6 Å². The normalized spacial score (nSPS) is 10.5. The monoisotopic (exact) mass is 422 g/mol. The predicted molar refractivity (Wildman–Crippen MR) is 112 cm³/mol. The van der Waals surface area contributed by atoms with Gasteiger partial charge >= 0.3 is 6.09 Å². The molecule has 2 amide bonds.